The molecule has 4 heteroatoms. The van der Waals surface area contributed by atoms with Crippen molar-refractivity contribution in [1.29, 1.82) is 0 Å². The van der Waals surface area contributed by atoms with E-state index in [-0.39, 0.29) is 21.7 Å². The fraction of sp³-hybridized carbons (Fsp3) is 0.538. The summed E-state index contributed by atoms with van der Waals surface area (Å²) in [6.45, 7) is 22.6. The zero-order chi connectivity index (χ0) is 22.7. The van der Waals surface area contributed by atoms with E-state index >= 15 is 0 Å². The van der Waals surface area contributed by atoms with E-state index in [1.54, 1.807) is 0 Å². The molecular formula is C26H36ClO2P. The minimum atomic E-state index is -1.63. The first kappa shape index (κ1) is 23.4. The number of benzene rings is 2. The highest BCUT2D eigenvalue weighted by atomic mass is 35.7. The average molecular weight is 447 g/mol. The Balaban J connectivity index is 2.33. The Morgan fingerprint density at radius 3 is 1.30 bits per heavy atom. The quantitative estimate of drug-likeness (QED) is 0.376. The standard InChI is InChI=1S/C26H36ClO2P/c1-23(2,3)19-15-17-11-13-21(19)28-30(27)29-22-14-12-18(16-20(22)24(4,5)6)26(9,10)25(17,7)8/h11-16H,1-10H3. The summed E-state index contributed by atoms with van der Waals surface area (Å²) in [4.78, 5) is 0. The Kier molecular flexibility index (Phi) is 5.79. The van der Waals surface area contributed by atoms with Crippen LogP contribution in [0.5, 0.6) is 11.5 Å². The van der Waals surface area contributed by atoms with Gasteiger partial charge in [-0.05, 0) is 56.2 Å². The Hall–Kier alpha value is -1.24. The molecule has 0 saturated carbocycles. The number of hydrogen-bond donors (Lipinski definition) is 0. The van der Waals surface area contributed by atoms with Crippen LogP contribution in [0.4, 0.5) is 0 Å². The molecule has 4 heterocycles. The molecule has 2 aromatic rings. The van der Waals surface area contributed by atoms with Gasteiger partial charge in [0.05, 0.1) is 0 Å². The van der Waals surface area contributed by atoms with Gasteiger partial charge in [0.1, 0.15) is 11.5 Å². The second-order valence-electron chi connectivity index (χ2n) is 11.6. The monoisotopic (exact) mass is 446 g/mol. The first-order valence-corrected chi connectivity index (χ1v) is 12.8. The SMILES string of the molecule is CC(C)(C)c1cc2ccc1OP(Cl)Oc1ccc(cc1C(C)(C)C)C(C)(C)C2(C)C. The van der Waals surface area contributed by atoms with E-state index in [4.69, 9.17) is 20.3 Å². The van der Waals surface area contributed by atoms with Gasteiger partial charge in [-0.25, -0.2) is 0 Å². The summed E-state index contributed by atoms with van der Waals surface area (Å²) in [5.74, 6) is 1.60. The molecule has 4 bridgehead atoms. The van der Waals surface area contributed by atoms with Crippen LogP contribution in [0.15, 0.2) is 36.4 Å². The molecule has 0 amide bonds. The average Bonchev–Trinajstić information content (AvgIpc) is 2.60. The van der Waals surface area contributed by atoms with Crippen molar-refractivity contribution < 1.29 is 9.05 Å². The maximum Gasteiger partial charge on any atom is 0.401 e. The van der Waals surface area contributed by atoms with Crippen LogP contribution in [0.3, 0.4) is 0 Å². The fourth-order valence-electron chi connectivity index (χ4n) is 4.06. The fourth-order valence-corrected chi connectivity index (χ4v) is 5.17. The van der Waals surface area contributed by atoms with E-state index in [1.807, 2.05) is 0 Å². The predicted molar refractivity (Wildman–Crippen MR) is 130 cm³/mol. The minimum Gasteiger partial charge on any atom is -0.427 e. The van der Waals surface area contributed by atoms with Crippen LogP contribution in [0.1, 0.15) is 91.5 Å². The van der Waals surface area contributed by atoms with Crippen molar-refractivity contribution in [3.05, 3.63) is 58.7 Å². The summed E-state index contributed by atoms with van der Waals surface area (Å²) in [6, 6.07) is 13.1. The summed E-state index contributed by atoms with van der Waals surface area (Å²) < 4.78 is 12.4. The summed E-state index contributed by atoms with van der Waals surface area (Å²) in [6.07, 6.45) is 0. The van der Waals surface area contributed by atoms with Gasteiger partial charge in [0.15, 0.2) is 0 Å². The molecule has 0 aromatic heterocycles. The molecule has 6 rings (SSSR count). The molecule has 0 fully saturated rings. The van der Waals surface area contributed by atoms with Crippen molar-refractivity contribution in [1.82, 2.24) is 0 Å². The predicted octanol–water partition coefficient (Wildman–Crippen LogP) is 8.77. The highest BCUT2D eigenvalue weighted by molar-refractivity contribution is 7.76. The maximum absolute atomic E-state index is 6.62. The Bertz CT molecular complexity index is 871. The normalized spacial score (nSPS) is 18.8. The van der Waals surface area contributed by atoms with Crippen molar-refractivity contribution in [2.75, 3.05) is 0 Å². The van der Waals surface area contributed by atoms with E-state index < -0.39 is 7.73 Å². The first-order valence-electron chi connectivity index (χ1n) is 10.7. The summed E-state index contributed by atoms with van der Waals surface area (Å²) in [7, 11) is -1.63. The summed E-state index contributed by atoms with van der Waals surface area (Å²) >= 11 is 6.62. The molecule has 2 nitrogen and oxygen atoms in total. The molecular weight excluding hydrogens is 411 g/mol. The van der Waals surface area contributed by atoms with E-state index in [1.165, 1.54) is 11.1 Å². The van der Waals surface area contributed by atoms with E-state index in [9.17, 15) is 0 Å². The van der Waals surface area contributed by atoms with Gasteiger partial charge in [0, 0.05) is 11.1 Å². The van der Waals surface area contributed by atoms with Crippen LogP contribution < -0.4 is 9.05 Å². The molecule has 0 atom stereocenters. The lowest BCUT2D eigenvalue weighted by Gasteiger charge is -2.44. The van der Waals surface area contributed by atoms with Crippen LogP contribution in [0.2, 0.25) is 0 Å². The van der Waals surface area contributed by atoms with Crippen LogP contribution in [0, 0.1) is 0 Å². The molecule has 0 aliphatic carbocycles. The third-order valence-corrected chi connectivity index (χ3v) is 8.02. The van der Waals surface area contributed by atoms with Crippen LogP contribution in [-0.2, 0) is 21.7 Å². The maximum atomic E-state index is 6.62. The van der Waals surface area contributed by atoms with Crippen molar-refractivity contribution >= 4 is 19.0 Å². The number of hydrogen-bond acceptors (Lipinski definition) is 2. The molecule has 0 spiro atoms. The summed E-state index contributed by atoms with van der Waals surface area (Å²) in [5.41, 5.74) is 4.52. The molecule has 30 heavy (non-hydrogen) atoms. The molecule has 0 radical (unpaired) electrons. The van der Waals surface area contributed by atoms with Gasteiger partial charge >= 0.3 is 7.73 Å². The van der Waals surface area contributed by atoms with Gasteiger partial charge in [-0.15, -0.1) is 0 Å². The van der Waals surface area contributed by atoms with Crippen LogP contribution in [-0.4, -0.2) is 0 Å². The Morgan fingerprint density at radius 1 is 0.667 bits per heavy atom. The minimum absolute atomic E-state index is 0.0782. The lowest BCUT2D eigenvalue weighted by atomic mass is 9.60. The van der Waals surface area contributed by atoms with Crippen LogP contribution in [0.25, 0.3) is 0 Å². The number of rotatable bonds is 0. The Labute approximate surface area is 189 Å². The molecule has 164 valence electrons. The summed E-state index contributed by atoms with van der Waals surface area (Å²) in [5, 5.41) is 0. The second-order valence-corrected chi connectivity index (χ2v) is 13.2. The van der Waals surface area contributed by atoms with Gasteiger partial charge in [-0.1, -0.05) is 93.5 Å². The largest absolute Gasteiger partial charge is 0.427 e. The molecule has 0 unspecified atom stereocenters. The highest BCUT2D eigenvalue weighted by Gasteiger charge is 2.41. The van der Waals surface area contributed by atoms with E-state index in [2.05, 4.69) is 106 Å². The van der Waals surface area contributed by atoms with Gasteiger partial charge in [0.25, 0.3) is 0 Å². The number of halogens is 1. The lowest BCUT2D eigenvalue weighted by molar-refractivity contribution is 0.301. The van der Waals surface area contributed by atoms with E-state index in [0.29, 0.717) is 0 Å². The van der Waals surface area contributed by atoms with Crippen LogP contribution >= 0.6 is 19.0 Å². The van der Waals surface area contributed by atoms with Gasteiger partial charge in [-0.2, -0.15) is 0 Å². The highest BCUT2D eigenvalue weighted by Crippen LogP contribution is 2.52. The third-order valence-electron chi connectivity index (χ3n) is 6.92. The first-order chi connectivity index (χ1) is 13.5. The molecule has 0 N–H and O–H groups in total. The third kappa shape index (κ3) is 4.11. The van der Waals surface area contributed by atoms with Gasteiger partial charge in [0.2, 0.25) is 0 Å². The van der Waals surface area contributed by atoms with Crippen molar-refractivity contribution in [3.63, 3.8) is 0 Å². The second kappa shape index (κ2) is 7.42. The van der Waals surface area contributed by atoms with Crippen molar-refractivity contribution in [2.24, 2.45) is 0 Å². The molecule has 0 saturated heterocycles. The molecule has 2 aromatic carbocycles. The zero-order valence-electron chi connectivity index (χ0n) is 20.1. The molecule has 4 aliphatic heterocycles. The topological polar surface area (TPSA) is 18.5 Å². The lowest BCUT2D eigenvalue weighted by Crippen LogP contribution is -2.40. The van der Waals surface area contributed by atoms with Crippen molar-refractivity contribution in [3.8, 4) is 11.5 Å². The molecule has 4 aliphatic rings. The van der Waals surface area contributed by atoms with E-state index in [0.717, 1.165) is 22.6 Å². The van der Waals surface area contributed by atoms with Gasteiger partial charge in [-0.3, -0.25) is 0 Å². The van der Waals surface area contributed by atoms with Crippen molar-refractivity contribution in [2.45, 2.75) is 90.9 Å². The van der Waals surface area contributed by atoms with Gasteiger partial charge < -0.3 is 9.05 Å². The smallest absolute Gasteiger partial charge is 0.401 e. The Morgan fingerprint density at radius 2 is 1.00 bits per heavy atom. The zero-order valence-corrected chi connectivity index (χ0v) is 21.8.